The van der Waals surface area contributed by atoms with Crippen LogP contribution in [0.4, 0.5) is 5.69 Å². The summed E-state index contributed by atoms with van der Waals surface area (Å²) in [6, 6.07) is 8.56. The van der Waals surface area contributed by atoms with E-state index in [4.69, 9.17) is 0 Å². The third-order valence-electron chi connectivity index (χ3n) is 3.99. The Bertz CT molecular complexity index is 784. The van der Waals surface area contributed by atoms with Crippen LogP contribution >= 0.6 is 0 Å². The van der Waals surface area contributed by atoms with E-state index in [2.05, 4.69) is 5.32 Å². The average molecular weight is 325 g/mol. The molecule has 24 heavy (non-hydrogen) atoms. The predicted molar refractivity (Wildman–Crippen MR) is 95.8 cm³/mol. The number of aryl methyl sites for hydroxylation is 2. The minimum atomic E-state index is -0.145. The summed E-state index contributed by atoms with van der Waals surface area (Å²) in [5.41, 5.74) is 4.24. The molecule has 0 atom stereocenters. The SMILES string of the molecule is CC(=O)Nc1cc(C)c(C(=O)c2ccc(O)c(C(C)C)c2)c(C)c1. The highest BCUT2D eigenvalue weighted by molar-refractivity contribution is 6.11. The van der Waals surface area contributed by atoms with E-state index in [0.717, 1.165) is 16.7 Å². The number of phenolic OH excluding ortho intramolecular Hbond substituents is 1. The second-order valence-corrected chi connectivity index (χ2v) is 6.42. The van der Waals surface area contributed by atoms with E-state index < -0.39 is 0 Å². The lowest BCUT2D eigenvalue weighted by molar-refractivity contribution is -0.114. The van der Waals surface area contributed by atoms with Crippen LogP contribution in [0.15, 0.2) is 30.3 Å². The second-order valence-electron chi connectivity index (χ2n) is 6.42. The predicted octanol–water partition coefficient (Wildman–Crippen LogP) is 4.32. The van der Waals surface area contributed by atoms with E-state index in [0.29, 0.717) is 16.8 Å². The maximum atomic E-state index is 12.9. The third kappa shape index (κ3) is 3.65. The number of carbonyl (C=O) groups excluding carboxylic acids is 2. The maximum absolute atomic E-state index is 12.9. The van der Waals surface area contributed by atoms with Crippen molar-refractivity contribution in [3.8, 4) is 5.75 Å². The Hall–Kier alpha value is -2.62. The van der Waals surface area contributed by atoms with E-state index >= 15 is 0 Å². The topological polar surface area (TPSA) is 66.4 Å². The molecule has 0 bridgehead atoms. The van der Waals surface area contributed by atoms with Gasteiger partial charge in [-0.25, -0.2) is 0 Å². The van der Waals surface area contributed by atoms with Crippen molar-refractivity contribution in [3.63, 3.8) is 0 Å². The van der Waals surface area contributed by atoms with Gasteiger partial charge in [0.15, 0.2) is 5.78 Å². The van der Waals surface area contributed by atoms with Crippen LogP contribution in [0.3, 0.4) is 0 Å². The molecule has 0 saturated heterocycles. The van der Waals surface area contributed by atoms with Crippen LogP contribution in [0.2, 0.25) is 0 Å². The molecule has 2 N–H and O–H groups in total. The van der Waals surface area contributed by atoms with Crippen LogP contribution in [0.25, 0.3) is 0 Å². The van der Waals surface area contributed by atoms with Crippen molar-refractivity contribution < 1.29 is 14.7 Å². The summed E-state index contributed by atoms with van der Waals surface area (Å²) in [5, 5.41) is 12.7. The van der Waals surface area contributed by atoms with Crippen molar-refractivity contribution in [2.45, 2.75) is 40.5 Å². The first-order chi connectivity index (χ1) is 11.2. The Morgan fingerprint density at radius 2 is 1.62 bits per heavy atom. The highest BCUT2D eigenvalue weighted by Crippen LogP contribution is 2.29. The largest absolute Gasteiger partial charge is 0.508 e. The van der Waals surface area contributed by atoms with Gasteiger partial charge in [0.2, 0.25) is 5.91 Å². The Balaban J connectivity index is 2.47. The highest BCUT2D eigenvalue weighted by Gasteiger charge is 2.18. The first-order valence-electron chi connectivity index (χ1n) is 7.97. The molecule has 0 spiro atoms. The van der Waals surface area contributed by atoms with Gasteiger partial charge in [-0.1, -0.05) is 13.8 Å². The molecule has 0 heterocycles. The number of hydrogen-bond donors (Lipinski definition) is 2. The van der Waals surface area contributed by atoms with Crippen LogP contribution in [-0.2, 0) is 4.79 Å². The van der Waals surface area contributed by atoms with Crippen LogP contribution in [0, 0.1) is 13.8 Å². The smallest absolute Gasteiger partial charge is 0.221 e. The number of benzene rings is 2. The summed E-state index contributed by atoms with van der Waals surface area (Å²) in [5.74, 6) is 0.104. The lowest BCUT2D eigenvalue weighted by Crippen LogP contribution is -2.10. The number of ketones is 1. The van der Waals surface area contributed by atoms with E-state index in [9.17, 15) is 14.7 Å². The molecule has 0 aliphatic heterocycles. The fourth-order valence-electron chi connectivity index (χ4n) is 2.90. The Morgan fingerprint density at radius 3 is 2.12 bits per heavy atom. The van der Waals surface area contributed by atoms with Gasteiger partial charge in [0, 0.05) is 23.7 Å². The fraction of sp³-hybridized carbons (Fsp3) is 0.300. The summed E-state index contributed by atoms with van der Waals surface area (Å²) in [6.07, 6.45) is 0. The maximum Gasteiger partial charge on any atom is 0.221 e. The van der Waals surface area contributed by atoms with Gasteiger partial charge in [0.05, 0.1) is 0 Å². The highest BCUT2D eigenvalue weighted by atomic mass is 16.3. The Morgan fingerprint density at radius 1 is 1.04 bits per heavy atom. The normalized spacial score (nSPS) is 10.8. The zero-order valence-corrected chi connectivity index (χ0v) is 14.7. The first-order valence-corrected chi connectivity index (χ1v) is 7.97. The molecule has 0 aromatic heterocycles. The number of amides is 1. The zero-order valence-electron chi connectivity index (χ0n) is 14.7. The lowest BCUT2D eigenvalue weighted by atomic mass is 9.91. The van der Waals surface area contributed by atoms with Crippen LogP contribution < -0.4 is 5.32 Å². The number of carbonyl (C=O) groups is 2. The summed E-state index contributed by atoms with van der Waals surface area (Å²) in [4.78, 5) is 24.1. The van der Waals surface area contributed by atoms with Gasteiger partial charge in [-0.2, -0.15) is 0 Å². The van der Waals surface area contributed by atoms with Crippen molar-refractivity contribution in [1.29, 1.82) is 0 Å². The van der Waals surface area contributed by atoms with Crippen LogP contribution in [0.5, 0.6) is 5.75 Å². The second kappa shape index (κ2) is 6.87. The molecule has 0 aliphatic rings. The number of aromatic hydroxyl groups is 1. The summed E-state index contributed by atoms with van der Waals surface area (Å²) >= 11 is 0. The van der Waals surface area contributed by atoms with Crippen molar-refractivity contribution in [2.75, 3.05) is 5.32 Å². The van der Waals surface area contributed by atoms with Gasteiger partial charge in [-0.05, 0) is 66.8 Å². The van der Waals surface area contributed by atoms with Gasteiger partial charge in [0.25, 0.3) is 0 Å². The summed E-state index contributed by atoms with van der Waals surface area (Å²) < 4.78 is 0. The number of anilines is 1. The molecular formula is C20H23NO3. The van der Waals surface area contributed by atoms with Crippen molar-refractivity contribution in [1.82, 2.24) is 0 Å². The molecule has 2 rings (SSSR count). The van der Waals surface area contributed by atoms with E-state index in [-0.39, 0.29) is 23.4 Å². The lowest BCUT2D eigenvalue weighted by Gasteiger charge is -2.14. The van der Waals surface area contributed by atoms with E-state index in [1.54, 1.807) is 30.3 Å². The fourth-order valence-corrected chi connectivity index (χ4v) is 2.90. The molecular weight excluding hydrogens is 302 g/mol. The van der Waals surface area contributed by atoms with Gasteiger partial charge in [0.1, 0.15) is 5.75 Å². The molecule has 2 aromatic carbocycles. The molecule has 0 fully saturated rings. The minimum Gasteiger partial charge on any atom is -0.508 e. The molecule has 0 unspecified atom stereocenters. The third-order valence-corrected chi connectivity index (χ3v) is 3.99. The monoisotopic (exact) mass is 325 g/mol. The van der Waals surface area contributed by atoms with E-state index in [1.807, 2.05) is 27.7 Å². The van der Waals surface area contributed by atoms with Crippen LogP contribution in [0.1, 0.15) is 59.3 Å². The Kier molecular flexibility index (Phi) is 5.07. The number of hydrogen-bond acceptors (Lipinski definition) is 3. The quantitative estimate of drug-likeness (QED) is 0.823. The molecule has 0 aliphatic carbocycles. The molecule has 4 nitrogen and oxygen atoms in total. The van der Waals surface area contributed by atoms with Crippen LogP contribution in [-0.4, -0.2) is 16.8 Å². The van der Waals surface area contributed by atoms with Gasteiger partial charge >= 0.3 is 0 Å². The minimum absolute atomic E-state index is 0.0822. The van der Waals surface area contributed by atoms with Crippen molar-refractivity contribution in [2.24, 2.45) is 0 Å². The zero-order chi connectivity index (χ0) is 18.0. The standard InChI is InChI=1S/C20H23NO3/c1-11(2)17-10-15(6-7-18(17)23)20(24)19-12(3)8-16(9-13(19)4)21-14(5)22/h6-11,23H,1-5H3,(H,21,22). The summed E-state index contributed by atoms with van der Waals surface area (Å²) in [7, 11) is 0. The van der Waals surface area contributed by atoms with E-state index in [1.165, 1.54) is 6.92 Å². The van der Waals surface area contributed by atoms with Gasteiger partial charge in [-0.3, -0.25) is 9.59 Å². The molecule has 0 radical (unpaired) electrons. The van der Waals surface area contributed by atoms with Crippen molar-refractivity contribution >= 4 is 17.4 Å². The first kappa shape index (κ1) is 17.7. The molecule has 0 saturated carbocycles. The molecule has 1 amide bonds. The average Bonchev–Trinajstić information content (AvgIpc) is 2.45. The molecule has 2 aromatic rings. The summed E-state index contributed by atoms with van der Waals surface area (Å²) in [6.45, 7) is 9.11. The number of nitrogens with one attached hydrogen (secondary N) is 1. The van der Waals surface area contributed by atoms with Gasteiger partial charge < -0.3 is 10.4 Å². The molecule has 126 valence electrons. The number of phenols is 1. The Labute approximate surface area is 142 Å². The van der Waals surface area contributed by atoms with Crippen molar-refractivity contribution in [3.05, 3.63) is 58.1 Å². The number of rotatable bonds is 4. The van der Waals surface area contributed by atoms with Gasteiger partial charge in [-0.15, -0.1) is 0 Å². The molecule has 4 heteroatoms.